The summed E-state index contributed by atoms with van der Waals surface area (Å²) in [5.41, 5.74) is 2.97. The minimum absolute atomic E-state index is 0.0820. The van der Waals surface area contributed by atoms with Crippen molar-refractivity contribution in [3.8, 4) is 0 Å². The van der Waals surface area contributed by atoms with E-state index < -0.39 is 0 Å². The number of amides is 1. The van der Waals surface area contributed by atoms with Gasteiger partial charge in [-0.25, -0.2) is 0 Å². The highest BCUT2D eigenvalue weighted by Gasteiger charge is 2.26. The van der Waals surface area contributed by atoms with Crippen LogP contribution in [0.2, 0.25) is 0 Å². The van der Waals surface area contributed by atoms with E-state index in [2.05, 4.69) is 23.3 Å². The first-order valence-electron chi connectivity index (χ1n) is 9.15. The van der Waals surface area contributed by atoms with Gasteiger partial charge in [-0.15, -0.1) is 0 Å². The molecule has 6 nitrogen and oxygen atoms in total. The van der Waals surface area contributed by atoms with Gasteiger partial charge in [0.15, 0.2) is 11.5 Å². The zero-order chi connectivity index (χ0) is 18.8. The van der Waals surface area contributed by atoms with E-state index >= 15 is 0 Å². The number of carbonyl (C=O) groups is 2. The summed E-state index contributed by atoms with van der Waals surface area (Å²) in [6.07, 6.45) is 1.51. The number of ketones is 1. The number of furan rings is 1. The standard InChI is InChI=1S/C20H27N3O3/c1-14(2)23-15(3)12-17(16(23)4)18(24)13-21-7-9-22(10-8-21)20(25)19-6-5-11-26-19/h5-6,11-12,14H,7-10,13H2,1-4H3. The lowest BCUT2D eigenvalue weighted by Crippen LogP contribution is -2.49. The van der Waals surface area contributed by atoms with E-state index in [1.54, 1.807) is 17.0 Å². The molecule has 0 radical (unpaired) electrons. The second kappa shape index (κ2) is 7.50. The number of rotatable bonds is 5. The van der Waals surface area contributed by atoms with Gasteiger partial charge in [0.25, 0.3) is 5.91 Å². The molecule has 0 saturated carbocycles. The molecule has 0 atom stereocenters. The lowest BCUT2D eigenvalue weighted by molar-refractivity contribution is 0.0596. The van der Waals surface area contributed by atoms with Gasteiger partial charge in [-0.2, -0.15) is 0 Å². The molecule has 0 unspecified atom stereocenters. The normalized spacial score (nSPS) is 15.7. The Morgan fingerprint density at radius 3 is 2.38 bits per heavy atom. The Kier molecular flexibility index (Phi) is 5.32. The Balaban J connectivity index is 1.59. The van der Waals surface area contributed by atoms with Crippen LogP contribution in [0.3, 0.4) is 0 Å². The second-order valence-electron chi connectivity index (χ2n) is 7.22. The smallest absolute Gasteiger partial charge is 0.289 e. The Morgan fingerprint density at radius 2 is 1.85 bits per heavy atom. The third kappa shape index (κ3) is 3.60. The van der Waals surface area contributed by atoms with E-state index in [1.165, 1.54) is 6.26 Å². The lowest BCUT2D eigenvalue weighted by Gasteiger charge is -2.33. The molecule has 1 aliphatic heterocycles. The van der Waals surface area contributed by atoms with Crippen LogP contribution in [0.15, 0.2) is 28.9 Å². The highest BCUT2D eigenvalue weighted by molar-refractivity contribution is 5.99. The van der Waals surface area contributed by atoms with E-state index in [0.717, 1.165) is 17.0 Å². The summed E-state index contributed by atoms with van der Waals surface area (Å²) in [6, 6.07) is 5.74. The molecule has 1 amide bonds. The summed E-state index contributed by atoms with van der Waals surface area (Å²) in [4.78, 5) is 29.0. The average Bonchev–Trinajstić information content (AvgIpc) is 3.23. The molecule has 1 aliphatic rings. The maximum Gasteiger partial charge on any atom is 0.289 e. The molecule has 26 heavy (non-hydrogen) atoms. The summed E-state index contributed by atoms with van der Waals surface area (Å²) >= 11 is 0. The number of hydrogen-bond acceptors (Lipinski definition) is 4. The number of nitrogens with zero attached hydrogens (tertiary/aromatic N) is 3. The zero-order valence-electron chi connectivity index (χ0n) is 16.0. The molecule has 0 aromatic carbocycles. The van der Waals surface area contributed by atoms with Gasteiger partial charge in [-0.1, -0.05) is 0 Å². The van der Waals surface area contributed by atoms with Gasteiger partial charge in [-0.05, 0) is 45.9 Å². The van der Waals surface area contributed by atoms with Gasteiger partial charge >= 0.3 is 0 Å². The third-order valence-corrected chi connectivity index (χ3v) is 5.06. The quantitative estimate of drug-likeness (QED) is 0.772. The highest BCUT2D eigenvalue weighted by Crippen LogP contribution is 2.21. The number of piperazine rings is 1. The molecule has 6 heteroatoms. The fraction of sp³-hybridized carbons (Fsp3) is 0.500. The number of Topliss-reactive ketones (excluding diaryl/α,β-unsaturated/α-hetero) is 1. The van der Waals surface area contributed by atoms with Crippen LogP contribution in [0.5, 0.6) is 0 Å². The first-order chi connectivity index (χ1) is 12.4. The van der Waals surface area contributed by atoms with E-state index in [0.29, 0.717) is 44.5 Å². The van der Waals surface area contributed by atoms with Crippen molar-refractivity contribution in [2.24, 2.45) is 0 Å². The van der Waals surface area contributed by atoms with Crippen LogP contribution in [0, 0.1) is 13.8 Å². The summed E-state index contributed by atoms with van der Waals surface area (Å²) < 4.78 is 7.38. The molecule has 2 aromatic rings. The number of hydrogen-bond donors (Lipinski definition) is 0. The Bertz CT molecular complexity index is 782. The second-order valence-corrected chi connectivity index (χ2v) is 7.22. The molecule has 3 rings (SSSR count). The molecule has 0 aliphatic carbocycles. The van der Waals surface area contributed by atoms with Gasteiger partial charge in [0.2, 0.25) is 0 Å². The van der Waals surface area contributed by atoms with Crippen LogP contribution in [-0.4, -0.2) is 58.8 Å². The zero-order valence-corrected chi connectivity index (χ0v) is 16.0. The third-order valence-electron chi connectivity index (χ3n) is 5.06. The molecule has 1 saturated heterocycles. The van der Waals surface area contributed by atoms with Crippen LogP contribution in [0.1, 0.15) is 52.2 Å². The molecular formula is C20H27N3O3. The highest BCUT2D eigenvalue weighted by atomic mass is 16.3. The summed E-state index contributed by atoms with van der Waals surface area (Å²) in [5, 5.41) is 0. The van der Waals surface area contributed by atoms with Crippen molar-refractivity contribution in [1.82, 2.24) is 14.4 Å². The minimum atomic E-state index is -0.0820. The fourth-order valence-corrected chi connectivity index (χ4v) is 3.81. The molecule has 1 fully saturated rings. The van der Waals surface area contributed by atoms with Crippen molar-refractivity contribution in [2.45, 2.75) is 33.7 Å². The van der Waals surface area contributed by atoms with Crippen LogP contribution in [-0.2, 0) is 0 Å². The van der Waals surface area contributed by atoms with E-state index in [4.69, 9.17) is 4.42 Å². The maximum atomic E-state index is 12.8. The van der Waals surface area contributed by atoms with Crippen molar-refractivity contribution in [2.75, 3.05) is 32.7 Å². The predicted molar refractivity (Wildman–Crippen MR) is 99.7 cm³/mol. The Morgan fingerprint density at radius 1 is 1.15 bits per heavy atom. The maximum absolute atomic E-state index is 12.8. The summed E-state index contributed by atoms with van der Waals surface area (Å²) in [7, 11) is 0. The SMILES string of the molecule is Cc1cc(C(=O)CN2CCN(C(=O)c3ccco3)CC2)c(C)n1C(C)C. The van der Waals surface area contributed by atoms with Crippen LogP contribution in [0.25, 0.3) is 0 Å². The average molecular weight is 357 g/mol. The molecule has 0 bridgehead atoms. The largest absolute Gasteiger partial charge is 0.459 e. The molecule has 0 N–H and O–H groups in total. The number of carbonyl (C=O) groups excluding carboxylic acids is 2. The van der Waals surface area contributed by atoms with E-state index in [9.17, 15) is 9.59 Å². The van der Waals surface area contributed by atoms with E-state index in [-0.39, 0.29) is 11.7 Å². The monoisotopic (exact) mass is 357 g/mol. The first-order valence-corrected chi connectivity index (χ1v) is 9.15. The predicted octanol–water partition coefficient (Wildman–Crippen LogP) is 2.92. The van der Waals surface area contributed by atoms with Crippen LogP contribution < -0.4 is 0 Å². The summed E-state index contributed by atoms with van der Waals surface area (Å²) in [5.74, 6) is 0.438. The molecule has 3 heterocycles. The van der Waals surface area contributed by atoms with Gasteiger partial charge in [0, 0.05) is 49.2 Å². The minimum Gasteiger partial charge on any atom is -0.459 e. The van der Waals surface area contributed by atoms with Crippen molar-refractivity contribution in [3.05, 3.63) is 47.2 Å². The number of aromatic nitrogens is 1. The molecule has 0 spiro atoms. The van der Waals surface area contributed by atoms with E-state index in [1.807, 2.05) is 19.9 Å². The van der Waals surface area contributed by atoms with Crippen molar-refractivity contribution in [3.63, 3.8) is 0 Å². The van der Waals surface area contributed by atoms with Gasteiger partial charge < -0.3 is 13.9 Å². The Labute approximate surface area is 154 Å². The fourth-order valence-electron chi connectivity index (χ4n) is 3.81. The van der Waals surface area contributed by atoms with Crippen molar-refractivity contribution < 1.29 is 14.0 Å². The van der Waals surface area contributed by atoms with Gasteiger partial charge in [0.05, 0.1) is 12.8 Å². The molecule has 2 aromatic heterocycles. The topological polar surface area (TPSA) is 58.7 Å². The number of aryl methyl sites for hydroxylation is 1. The van der Waals surface area contributed by atoms with Crippen LogP contribution >= 0.6 is 0 Å². The molecular weight excluding hydrogens is 330 g/mol. The van der Waals surface area contributed by atoms with Gasteiger partial charge in [0.1, 0.15) is 0 Å². The summed E-state index contributed by atoms with van der Waals surface area (Å²) in [6.45, 7) is 11.3. The first kappa shape index (κ1) is 18.5. The Hall–Kier alpha value is -2.34. The van der Waals surface area contributed by atoms with Gasteiger partial charge in [-0.3, -0.25) is 14.5 Å². The van der Waals surface area contributed by atoms with Crippen molar-refractivity contribution >= 4 is 11.7 Å². The van der Waals surface area contributed by atoms with Crippen molar-refractivity contribution in [1.29, 1.82) is 0 Å². The van der Waals surface area contributed by atoms with Crippen LogP contribution in [0.4, 0.5) is 0 Å². The lowest BCUT2D eigenvalue weighted by atomic mass is 10.1. The molecule has 140 valence electrons.